The molecule has 5 nitrogen and oxygen atoms in total. The summed E-state index contributed by atoms with van der Waals surface area (Å²) in [6.07, 6.45) is 5.22. The van der Waals surface area contributed by atoms with Crippen molar-refractivity contribution < 1.29 is 8.42 Å². The highest BCUT2D eigenvalue weighted by molar-refractivity contribution is 7.89. The highest BCUT2D eigenvalue weighted by atomic mass is 35.5. The van der Waals surface area contributed by atoms with E-state index in [9.17, 15) is 8.42 Å². The predicted octanol–water partition coefficient (Wildman–Crippen LogP) is 2.25. The van der Waals surface area contributed by atoms with Gasteiger partial charge >= 0.3 is 0 Å². The number of aromatic nitrogens is 2. The Bertz CT molecular complexity index is 519. The molecule has 1 aliphatic rings. The number of nitrogens with zero attached hydrogens (tertiary/aromatic N) is 3. The van der Waals surface area contributed by atoms with Gasteiger partial charge in [0.15, 0.2) is 5.03 Å². The molecule has 0 unspecified atom stereocenters. The maximum atomic E-state index is 12.7. The van der Waals surface area contributed by atoms with Crippen LogP contribution in [0.25, 0.3) is 0 Å². The summed E-state index contributed by atoms with van der Waals surface area (Å²) in [6, 6.07) is 0.0229. The van der Waals surface area contributed by atoms with Gasteiger partial charge in [-0.3, -0.25) is 4.68 Å². The summed E-state index contributed by atoms with van der Waals surface area (Å²) in [5, 5.41) is 4.10. The molecule has 8 heteroatoms. The molecule has 0 N–H and O–H groups in total. The topological polar surface area (TPSA) is 55.2 Å². The second kappa shape index (κ2) is 5.99. The number of hydrogen-bond acceptors (Lipinski definition) is 3. The van der Waals surface area contributed by atoms with Crippen LogP contribution in [0.3, 0.4) is 0 Å². The molecule has 0 atom stereocenters. The van der Waals surface area contributed by atoms with Crippen LogP contribution >= 0.6 is 23.2 Å². The number of halogens is 2. The van der Waals surface area contributed by atoms with Crippen molar-refractivity contribution in [3.8, 4) is 0 Å². The van der Waals surface area contributed by atoms with E-state index in [0.29, 0.717) is 6.54 Å². The molecule has 0 amide bonds. The van der Waals surface area contributed by atoms with E-state index in [0.717, 1.165) is 25.7 Å². The van der Waals surface area contributed by atoms with Crippen LogP contribution in [0.4, 0.5) is 0 Å². The molecule has 1 aromatic rings. The Kier molecular flexibility index (Phi) is 4.76. The van der Waals surface area contributed by atoms with Gasteiger partial charge < -0.3 is 0 Å². The van der Waals surface area contributed by atoms with Gasteiger partial charge in [-0.2, -0.15) is 9.40 Å². The lowest BCUT2D eigenvalue weighted by molar-refractivity contribution is 0.334. The molecule has 108 valence electrons. The van der Waals surface area contributed by atoms with Crippen molar-refractivity contribution in [3.63, 3.8) is 0 Å². The van der Waals surface area contributed by atoms with Crippen molar-refractivity contribution >= 4 is 33.2 Å². The second-order valence-corrected chi connectivity index (χ2v) is 7.26. The van der Waals surface area contributed by atoms with Crippen molar-refractivity contribution in [2.45, 2.75) is 36.8 Å². The second-order valence-electron chi connectivity index (χ2n) is 4.66. The molecule has 0 spiro atoms. The molecule has 1 heterocycles. The van der Waals surface area contributed by atoms with Crippen molar-refractivity contribution in [2.24, 2.45) is 7.05 Å². The summed E-state index contributed by atoms with van der Waals surface area (Å²) in [5.41, 5.74) is 0. The highest BCUT2D eigenvalue weighted by Gasteiger charge is 2.36. The zero-order chi connectivity index (χ0) is 14.0. The van der Waals surface area contributed by atoms with E-state index < -0.39 is 10.0 Å². The van der Waals surface area contributed by atoms with E-state index in [-0.39, 0.29) is 22.0 Å². The standard InChI is InChI=1S/C11H17Cl2N3O2S/c1-15-11(10(13)8-14-15)19(17,18)16(7-6-12)9-4-2-3-5-9/h8-9H,2-7H2,1H3. The van der Waals surface area contributed by atoms with Crippen LogP contribution in [0, 0.1) is 0 Å². The first-order valence-electron chi connectivity index (χ1n) is 6.23. The van der Waals surface area contributed by atoms with Crippen molar-refractivity contribution in [2.75, 3.05) is 12.4 Å². The van der Waals surface area contributed by atoms with E-state index in [1.54, 1.807) is 7.05 Å². The third kappa shape index (κ3) is 2.91. The number of rotatable bonds is 5. The first-order valence-corrected chi connectivity index (χ1v) is 8.59. The lowest BCUT2D eigenvalue weighted by atomic mass is 10.2. The summed E-state index contributed by atoms with van der Waals surface area (Å²) in [6.45, 7) is 0.302. The Balaban J connectivity index is 2.39. The van der Waals surface area contributed by atoms with Gasteiger partial charge in [0, 0.05) is 25.5 Å². The van der Waals surface area contributed by atoms with Crippen molar-refractivity contribution in [3.05, 3.63) is 11.2 Å². The van der Waals surface area contributed by atoms with E-state index in [1.807, 2.05) is 0 Å². The average molecular weight is 326 g/mol. The van der Waals surface area contributed by atoms with Crippen LogP contribution in [0.15, 0.2) is 11.2 Å². The largest absolute Gasteiger partial charge is 0.262 e. The summed E-state index contributed by atoms with van der Waals surface area (Å²) < 4.78 is 28.2. The van der Waals surface area contributed by atoms with Crippen LogP contribution in [0.1, 0.15) is 25.7 Å². The first kappa shape index (κ1) is 15.1. The molecular formula is C11H17Cl2N3O2S. The molecule has 1 fully saturated rings. The maximum absolute atomic E-state index is 12.7. The Morgan fingerprint density at radius 2 is 2.11 bits per heavy atom. The SMILES string of the molecule is Cn1ncc(Cl)c1S(=O)(=O)N(CCCl)C1CCCC1. The number of aryl methyl sites for hydroxylation is 1. The summed E-state index contributed by atoms with van der Waals surface area (Å²) in [7, 11) is -2.07. The summed E-state index contributed by atoms with van der Waals surface area (Å²) in [4.78, 5) is 0. The van der Waals surface area contributed by atoms with Gasteiger partial charge in [-0.1, -0.05) is 24.4 Å². The molecule has 1 aromatic heterocycles. The van der Waals surface area contributed by atoms with Gasteiger partial charge in [0.1, 0.15) is 0 Å². The number of hydrogen-bond donors (Lipinski definition) is 0. The Morgan fingerprint density at radius 3 is 2.58 bits per heavy atom. The third-order valence-electron chi connectivity index (χ3n) is 3.43. The van der Waals surface area contributed by atoms with Gasteiger partial charge in [0.25, 0.3) is 10.0 Å². The molecule has 1 saturated carbocycles. The third-order valence-corrected chi connectivity index (χ3v) is 6.06. The normalized spacial score (nSPS) is 17.5. The van der Waals surface area contributed by atoms with E-state index in [1.165, 1.54) is 15.2 Å². The van der Waals surface area contributed by atoms with Crippen molar-refractivity contribution in [1.29, 1.82) is 0 Å². The summed E-state index contributed by atoms with van der Waals surface area (Å²) in [5.74, 6) is 0.269. The Labute approximate surface area is 123 Å². The monoisotopic (exact) mass is 325 g/mol. The minimum atomic E-state index is -3.65. The lowest BCUT2D eigenvalue weighted by Gasteiger charge is -2.27. The number of sulfonamides is 1. The zero-order valence-corrected chi connectivity index (χ0v) is 13.0. The lowest BCUT2D eigenvalue weighted by Crippen LogP contribution is -2.41. The fraction of sp³-hybridized carbons (Fsp3) is 0.727. The van der Waals surface area contributed by atoms with Gasteiger partial charge in [0.2, 0.25) is 0 Å². The molecule has 19 heavy (non-hydrogen) atoms. The highest BCUT2D eigenvalue weighted by Crippen LogP contribution is 2.31. The van der Waals surface area contributed by atoms with Gasteiger partial charge in [-0.15, -0.1) is 11.6 Å². The Morgan fingerprint density at radius 1 is 1.47 bits per heavy atom. The molecule has 2 rings (SSSR count). The zero-order valence-electron chi connectivity index (χ0n) is 10.7. The smallest absolute Gasteiger partial charge is 0.255 e. The van der Waals surface area contributed by atoms with Gasteiger partial charge in [-0.05, 0) is 12.8 Å². The molecule has 0 radical (unpaired) electrons. The molecule has 0 aliphatic heterocycles. The van der Waals surface area contributed by atoms with Crippen LogP contribution in [-0.4, -0.2) is 41.0 Å². The minimum Gasteiger partial charge on any atom is -0.255 e. The first-order chi connectivity index (χ1) is 8.98. The molecule has 1 aliphatic carbocycles. The minimum absolute atomic E-state index is 0.0229. The van der Waals surface area contributed by atoms with E-state index in [2.05, 4.69) is 5.10 Å². The van der Waals surface area contributed by atoms with Gasteiger partial charge in [-0.25, -0.2) is 8.42 Å². The van der Waals surface area contributed by atoms with E-state index in [4.69, 9.17) is 23.2 Å². The predicted molar refractivity (Wildman–Crippen MR) is 75.1 cm³/mol. The molecule has 0 aromatic carbocycles. The quantitative estimate of drug-likeness (QED) is 0.780. The maximum Gasteiger partial charge on any atom is 0.262 e. The van der Waals surface area contributed by atoms with Crippen molar-refractivity contribution in [1.82, 2.24) is 14.1 Å². The molecular weight excluding hydrogens is 309 g/mol. The summed E-state index contributed by atoms with van der Waals surface area (Å²) >= 11 is 11.7. The number of alkyl halides is 1. The molecule has 0 saturated heterocycles. The van der Waals surface area contributed by atoms with Crippen LogP contribution in [-0.2, 0) is 17.1 Å². The molecule has 0 bridgehead atoms. The fourth-order valence-corrected chi connectivity index (χ4v) is 5.15. The van der Waals surface area contributed by atoms with E-state index >= 15 is 0 Å². The fourth-order valence-electron chi connectivity index (χ4n) is 2.58. The van der Waals surface area contributed by atoms with Crippen LogP contribution in [0.2, 0.25) is 5.02 Å². The van der Waals surface area contributed by atoms with Crippen LogP contribution < -0.4 is 0 Å². The Hall–Kier alpha value is -0.300. The van der Waals surface area contributed by atoms with Crippen LogP contribution in [0.5, 0.6) is 0 Å². The average Bonchev–Trinajstić information content (AvgIpc) is 2.96. The van der Waals surface area contributed by atoms with Gasteiger partial charge in [0.05, 0.1) is 11.2 Å².